The molecule has 1 aromatic heterocycles. The van der Waals surface area contributed by atoms with Crippen molar-refractivity contribution in [1.29, 1.82) is 0 Å². The molecule has 10 N–H and O–H groups in total. The maximum absolute atomic E-state index is 12.2. The van der Waals surface area contributed by atoms with Crippen LogP contribution in [0, 0.1) is 0 Å². The van der Waals surface area contributed by atoms with Crippen molar-refractivity contribution in [2.24, 2.45) is 10.7 Å². The number of ether oxygens (including phenoxy) is 1. The lowest BCUT2D eigenvalue weighted by atomic mass is 10.1. The first-order valence-corrected chi connectivity index (χ1v) is 12.7. The Morgan fingerprint density at radius 2 is 1.81 bits per heavy atom. The second-order valence-electron chi connectivity index (χ2n) is 7.34. The van der Waals surface area contributed by atoms with Crippen molar-refractivity contribution in [3.63, 3.8) is 0 Å². The van der Waals surface area contributed by atoms with Crippen molar-refractivity contribution >= 4 is 45.2 Å². The van der Waals surface area contributed by atoms with E-state index in [9.17, 15) is 18.3 Å². The van der Waals surface area contributed by atoms with Crippen molar-refractivity contribution in [1.82, 2.24) is 15.3 Å². The lowest BCUT2D eigenvalue weighted by molar-refractivity contribution is 0.0536. The molecule has 0 aliphatic rings. The highest BCUT2D eigenvalue weighted by Crippen LogP contribution is 2.17. The molecule has 0 bridgehead atoms. The third-order valence-electron chi connectivity index (χ3n) is 4.09. The maximum atomic E-state index is 12.2. The van der Waals surface area contributed by atoms with Crippen LogP contribution in [0.3, 0.4) is 0 Å². The number of nitrogens with zero attached hydrogens (tertiary/aromatic N) is 3. The van der Waals surface area contributed by atoms with Crippen LogP contribution in [0.25, 0.3) is 0 Å². The molecule has 0 aliphatic heterocycles. The minimum Gasteiger partial charge on any atom is -0.491 e. The van der Waals surface area contributed by atoms with Crippen LogP contribution < -0.4 is 27.3 Å². The summed E-state index contributed by atoms with van der Waals surface area (Å²) in [6.45, 7) is 0.124. The van der Waals surface area contributed by atoms with Crippen molar-refractivity contribution in [3.8, 4) is 5.75 Å². The Hall–Kier alpha value is -3.24. The van der Waals surface area contributed by atoms with E-state index in [-0.39, 0.29) is 41.7 Å². The number of nitrogens with two attached hydrogens (primary N) is 3. The summed E-state index contributed by atoms with van der Waals surface area (Å²) in [5.74, 6) is -0.349. The number of hydrogen-bond donors (Lipinski definition) is 7. The van der Waals surface area contributed by atoms with Gasteiger partial charge >= 0.3 is 0 Å². The zero-order chi connectivity index (χ0) is 27.3. The molecule has 16 heteroatoms. The monoisotopic (exact) mass is 547 g/mol. The van der Waals surface area contributed by atoms with Crippen molar-refractivity contribution in [2.45, 2.75) is 25.4 Å². The number of carbonyl (C=O) groups excluding carboxylic acids is 1. The van der Waals surface area contributed by atoms with Gasteiger partial charge in [-0.15, -0.1) is 0 Å². The Balaban J connectivity index is 0.00000118. The van der Waals surface area contributed by atoms with Crippen LogP contribution in [0.4, 0.5) is 11.6 Å². The molecule has 200 valence electrons. The fourth-order valence-corrected chi connectivity index (χ4v) is 2.59. The van der Waals surface area contributed by atoms with Gasteiger partial charge in [-0.25, -0.2) is 9.97 Å². The number of nitrogen functional groups attached to an aromatic ring is 2. The van der Waals surface area contributed by atoms with Crippen LogP contribution >= 0.6 is 11.6 Å². The van der Waals surface area contributed by atoms with E-state index in [0.717, 1.165) is 24.8 Å². The van der Waals surface area contributed by atoms with Crippen molar-refractivity contribution in [3.05, 3.63) is 40.7 Å². The maximum Gasteiger partial charge on any atom is 0.280 e. The molecule has 0 fully saturated rings. The highest BCUT2D eigenvalue weighted by molar-refractivity contribution is 7.85. The van der Waals surface area contributed by atoms with Gasteiger partial charge in [0, 0.05) is 6.54 Å². The average Bonchev–Trinajstić information content (AvgIpc) is 2.79. The Morgan fingerprint density at radius 3 is 2.39 bits per heavy atom. The molecule has 14 nitrogen and oxygen atoms in total. The van der Waals surface area contributed by atoms with Gasteiger partial charge in [0.25, 0.3) is 16.0 Å². The van der Waals surface area contributed by atoms with Crippen LogP contribution in [-0.4, -0.2) is 77.1 Å². The number of aliphatic imine (C=N–C) groups is 1. The number of aliphatic hydroxyl groups excluding tert-OH is 2. The van der Waals surface area contributed by atoms with E-state index in [1.165, 1.54) is 0 Å². The van der Waals surface area contributed by atoms with Gasteiger partial charge in [-0.1, -0.05) is 23.7 Å². The minimum atomic E-state index is -3.67. The van der Waals surface area contributed by atoms with Crippen LogP contribution in [-0.2, 0) is 16.5 Å². The molecule has 0 saturated carbocycles. The second-order valence-corrected chi connectivity index (χ2v) is 9.16. The SMILES string of the molecule is CS(=O)(=O)O.NC(=NCCCCc1ccc(OC[C@@H](O)CO)cc1)NC(=O)c1nc(Cl)c(N)nc1N. The summed E-state index contributed by atoms with van der Waals surface area (Å²) in [7, 11) is -3.67. The third kappa shape index (κ3) is 13.0. The first kappa shape index (κ1) is 30.8. The van der Waals surface area contributed by atoms with E-state index in [4.69, 9.17) is 43.2 Å². The Morgan fingerprint density at radius 1 is 1.19 bits per heavy atom. The second kappa shape index (κ2) is 15.0. The number of aryl methyl sites for hydroxylation is 1. The predicted octanol–water partition coefficient (Wildman–Crippen LogP) is -0.402. The van der Waals surface area contributed by atoms with Gasteiger partial charge in [0.15, 0.2) is 28.4 Å². The summed E-state index contributed by atoms with van der Waals surface area (Å²) < 4.78 is 31.2. The highest BCUT2D eigenvalue weighted by Gasteiger charge is 2.16. The molecule has 0 unspecified atom stereocenters. The number of nitrogens with one attached hydrogen (secondary N) is 1. The highest BCUT2D eigenvalue weighted by atomic mass is 35.5. The zero-order valence-corrected chi connectivity index (χ0v) is 21.0. The first-order valence-electron chi connectivity index (χ1n) is 10.4. The molecule has 0 spiro atoms. The molecule has 1 heterocycles. The average molecular weight is 548 g/mol. The number of rotatable bonds is 10. The Bertz CT molecular complexity index is 1120. The fourth-order valence-electron chi connectivity index (χ4n) is 2.46. The number of halogens is 1. The van der Waals surface area contributed by atoms with Crippen LogP contribution in [0.1, 0.15) is 28.9 Å². The van der Waals surface area contributed by atoms with Gasteiger partial charge in [0.05, 0.1) is 12.9 Å². The zero-order valence-electron chi connectivity index (χ0n) is 19.5. The fraction of sp³-hybridized carbons (Fsp3) is 0.400. The standard InChI is InChI=1S/C19H26ClN7O4.CH4O3S/c20-15-17(22)26-16(21)14(25-15)18(30)27-19(23)24-8-2-1-3-11-4-6-13(7-5-11)31-10-12(29)9-28;1-5(2,3)4/h4-7,12,28-29H,1-3,8-10H2,(H4,21,22,26)(H3,23,24,27,30);1H3,(H,2,3,4)/t12-;/m0./s1. The first-order chi connectivity index (χ1) is 16.8. The molecule has 2 aromatic rings. The third-order valence-corrected chi connectivity index (χ3v) is 4.37. The number of benzene rings is 1. The summed E-state index contributed by atoms with van der Waals surface area (Å²) in [6.07, 6.45) is 2.27. The van der Waals surface area contributed by atoms with Gasteiger partial charge in [-0.3, -0.25) is 19.7 Å². The van der Waals surface area contributed by atoms with Crippen LogP contribution in [0.5, 0.6) is 5.75 Å². The summed E-state index contributed by atoms with van der Waals surface area (Å²) in [5, 5.41) is 20.3. The number of aromatic nitrogens is 2. The van der Waals surface area contributed by atoms with Crippen LogP contribution in [0.15, 0.2) is 29.3 Å². The largest absolute Gasteiger partial charge is 0.491 e. The number of anilines is 2. The number of guanidine groups is 1. The summed E-state index contributed by atoms with van der Waals surface area (Å²) in [6, 6.07) is 7.48. The van der Waals surface area contributed by atoms with Gasteiger partial charge in [0.1, 0.15) is 18.5 Å². The van der Waals surface area contributed by atoms with E-state index in [1.807, 2.05) is 24.3 Å². The quantitative estimate of drug-likeness (QED) is 0.0867. The Labute approximate surface area is 213 Å². The molecule has 1 atom stereocenters. The van der Waals surface area contributed by atoms with Gasteiger partial charge in [0.2, 0.25) is 0 Å². The van der Waals surface area contributed by atoms with E-state index >= 15 is 0 Å². The van der Waals surface area contributed by atoms with Crippen molar-refractivity contribution < 1.29 is 32.7 Å². The molecular formula is C20H30ClN7O7S. The number of hydrogen-bond acceptors (Lipinski definition) is 11. The van der Waals surface area contributed by atoms with Gasteiger partial charge < -0.3 is 32.2 Å². The molecular weight excluding hydrogens is 518 g/mol. The summed E-state index contributed by atoms with van der Waals surface area (Å²) in [4.78, 5) is 23.8. The minimum absolute atomic E-state index is 0.0380. The van der Waals surface area contributed by atoms with E-state index in [1.54, 1.807) is 0 Å². The van der Waals surface area contributed by atoms with Gasteiger partial charge in [-0.05, 0) is 37.0 Å². The van der Waals surface area contributed by atoms with E-state index < -0.39 is 22.1 Å². The molecule has 0 aliphatic carbocycles. The van der Waals surface area contributed by atoms with Crippen LogP contribution in [0.2, 0.25) is 5.15 Å². The summed E-state index contributed by atoms with van der Waals surface area (Å²) >= 11 is 5.76. The smallest absolute Gasteiger partial charge is 0.280 e. The molecule has 1 amide bonds. The van der Waals surface area contributed by atoms with Gasteiger partial charge in [-0.2, -0.15) is 8.42 Å². The number of carbonyl (C=O) groups is 1. The van der Waals surface area contributed by atoms with E-state index in [2.05, 4.69) is 20.3 Å². The molecule has 2 rings (SSSR count). The van der Waals surface area contributed by atoms with E-state index in [0.29, 0.717) is 18.6 Å². The number of aliphatic hydroxyl groups is 2. The lowest BCUT2D eigenvalue weighted by Gasteiger charge is -2.10. The normalized spacial score (nSPS) is 12.3. The molecule has 0 saturated heterocycles. The topological polar surface area (TPSA) is 249 Å². The molecule has 1 aromatic carbocycles. The van der Waals surface area contributed by atoms with Crippen molar-refractivity contribution in [2.75, 3.05) is 37.5 Å². The molecule has 0 radical (unpaired) electrons. The Kier molecular flexibility index (Phi) is 12.8. The predicted molar refractivity (Wildman–Crippen MR) is 135 cm³/mol. The number of amides is 1. The summed E-state index contributed by atoms with van der Waals surface area (Å²) in [5.41, 5.74) is 17.8. The number of unbranched alkanes of at least 4 members (excludes halogenated alkanes) is 1. The lowest BCUT2D eigenvalue weighted by Crippen LogP contribution is -2.38. The molecule has 36 heavy (non-hydrogen) atoms.